The third-order valence-corrected chi connectivity index (χ3v) is 10.9. The molecule has 4 aliphatic heterocycles. The van der Waals surface area contributed by atoms with Crippen LogP contribution in [0.1, 0.15) is 51.3 Å². The molecule has 4 fully saturated rings. The maximum absolute atomic E-state index is 12.8. The van der Waals surface area contributed by atoms with Gasteiger partial charge in [-0.25, -0.2) is 0 Å². The minimum Gasteiger partial charge on any atom is -0.453 e. The van der Waals surface area contributed by atoms with Crippen LogP contribution in [0, 0.1) is 0 Å². The number of carbonyl (C=O) groups excluding carboxylic acids is 2. The maximum atomic E-state index is 12.8. The number of hydrogen-bond acceptors (Lipinski definition) is 15. The summed E-state index contributed by atoms with van der Waals surface area (Å²) < 4.78 is 83.1. The first-order valence-corrected chi connectivity index (χ1v) is 21.0. The zero-order valence-corrected chi connectivity index (χ0v) is 35.9. The minimum absolute atomic E-state index is 0.00241. The third-order valence-electron chi connectivity index (χ3n) is 10.9. The van der Waals surface area contributed by atoms with Gasteiger partial charge < -0.3 is 61.6 Å². The Labute approximate surface area is 362 Å². The highest BCUT2D eigenvalue weighted by Gasteiger charge is 2.60. The number of rotatable bonds is 19. The van der Waals surface area contributed by atoms with Crippen molar-refractivity contribution in [1.29, 1.82) is 0 Å². The molecule has 0 radical (unpaired) electrons. The van der Waals surface area contributed by atoms with Gasteiger partial charge >= 0.3 is 11.9 Å². The predicted molar refractivity (Wildman–Crippen MR) is 220 cm³/mol. The fourth-order valence-corrected chi connectivity index (χ4v) is 8.13. The van der Waals surface area contributed by atoms with Gasteiger partial charge in [0.15, 0.2) is 36.4 Å². The fourth-order valence-electron chi connectivity index (χ4n) is 8.13. The van der Waals surface area contributed by atoms with Crippen molar-refractivity contribution in [3.05, 3.63) is 120 Å². The standard InChI is InChI=1S/C47H58O15/c1-7-23-51-44-41-39(61-46(5,6)62-41)37(30(2)56-44)58-43-40(53-26-35-21-15-10-16-22-35)38(36(27-54-43)52-25-34-19-13-9-14-20-34)59-45-42(57-31(3)48)47(29-55-45,60-32(4)49)28-50-24-33-17-11-8-12-18-33/h7-22,30,36-45H,1,23-29H2,2-6H3/t30-,36-,37+,38?,39?,40?,41?,42?,43+,44-,45+,47+/m1/s1. The monoisotopic (exact) mass is 862 g/mol. The largest absolute Gasteiger partial charge is 0.453 e. The lowest BCUT2D eigenvalue weighted by Gasteiger charge is -2.46. The molecule has 0 aromatic heterocycles. The molecule has 0 amide bonds. The molecule has 0 saturated carbocycles. The van der Waals surface area contributed by atoms with Crippen molar-refractivity contribution < 1.29 is 71.2 Å². The van der Waals surface area contributed by atoms with Crippen LogP contribution in [0.3, 0.4) is 0 Å². The summed E-state index contributed by atoms with van der Waals surface area (Å²) in [5, 5.41) is 0. The van der Waals surface area contributed by atoms with E-state index in [9.17, 15) is 9.59 Å². The second-order valence-corrected chi connectivity index (χ2v) is 16.2. The van der Waals surface area contributed by atoms with Crippen molar-refractivity contribution in [1.82, 2.24) is 0 Å². The minimum atomic E-state index is -1.57. The Morgan fingerprint density at radius 3 is 1.92 bits per heavy atom. The number of ether oxygens (including phenoxy) is 13. The topological polar surface area (TPSA) is 154 Å². The van der Waals surface area contributed by atoms with E-state index in [0.717, 1.165) is 16.7 Å². The molecule has 3 aromatic carbocycles. The smallest absolute Gasteiger partial charge is 0.303 e. The predicted octanol–water partition coefficient (Wildman–Crippen LogP) is 5.56. The molecule has 336 valence electrons. The summed E-state index contributed by atoms with van der Waals surface area (Å²) >= 11 is 0. The molecule has 3 aromatic rings. The molecule has 4 aliphatic rings. The fraction of sp³-hybridized carbons (Fsp3) is 0.532. The third kappa shape index (κ3) is 11.5. The van der Waals surface area contributed by atoms with E-state index >= 15 is 0 Å². The number of benzene rings is 3. The van der Waals surface area contributed by atoms with Gasteiger partial charge in [0.05, 0.1) is 52.4 Å². The summed E-state index contributed by atoms with van der Waals surface area (Å²) in [5.74, 6) is -2.24. The van der Waals surface area contributed by atoms with Gasteiger partial charge in [0.2, 0.25) is 0 Å². The highest BCUT2D eigenvalue weighted by Crippen LogP contribution is 2.41. The molecule has 15 nitrogen and oxygen atoms in total. The Kier molecular flexibility index (Phi) is 15.6. The van der Waals surface area contributed by atoms with Crippen LogP contribution >= 0.6 is 0 Å². The average Bonchev–Trinajstić information content (AvgIpc) is 3.75. The highest BCUT2D eigenvalue weighted by molar-refractivity contribution is 5.68. The van der Waals surface area contributed by atoms with Gasteiger partial charge in [-0.05, 0) is 37.5 Å². The average molecular weight is 863 g/mol. The summed E-state index contributed by atoms with van der Waals surface area (Å²) in [6, 6.07) is 28.8. The number of hydrogen-bond donors (Lipinski definition) is 0. The summed E-state index contributed by atoms with van der Waals surface area (Å²) in [5.41, 5.74) is 1.12. The van der Waals surface area contributed by atoms with E-state index in [-0.39, 0.29) is 46.2 Å². The summed E-state index contributed by atoms with van der Waals surface area (Å²) in [6.07, 6.45) is -8.05. The van der Waals surface area contributed by atoms with Crippen molar-refractivity contribution in [2.24, 2.45) is 0 Å². The van der Waals surface area contributed by atoms with Gasteiger partial charge in [-0.3, -0.25) is 9.59 Å². The first-order valence-electron chi connectivity index (χ1n) is 21.0. The molecule has 4 saturated heterocycles. The van der Waals surface area contributed by atoms with Crippen LogP contribution in [-0.4, -0.2) is 117 Å². The van der Waals surface area contributed by atoms with Gasteiger partial charge in [0, 0.05) is 13.8 Å². The quantitative estimate of drug-likeness (QED) is 0.109. The first-order chi connectivity index (χ1) is 29.9. The Hall–Kier alpha value is -4.10. The Morgan fingerprint density at radius 1 is 0.710 bits per heavy atom. The highest BCUT2D eigenvalue weighted by atomic mass is 16.8. The van der Waals surface area contributed by atoms with Gasteiger partial charge in [-0.2, -0.15) is 0 Å². The molecule has 4 heterocycles. The zero-order chi connectivity index (χ0) is 43.7. The second-order valence-electron chi connectivity index (χ2n) is 16.2. The first kappa shape index (κ1) is 45.9. The van der Waals surface area contributed by atoms with Crippen molar-refractivity contribution in [2.75, 3.05) is 26.4 Å². The number of carbonyl (C=O) groups is 2. The molecule has 5 unspecified atom stereocenters. The van der Waals surface area contributed by atoms with Crippen LogP contribution in [-0.2, 0) is 91.0 Å². The van der Waals surface area contributed by atoms with Gasteiger partial charge in [0.1, 0.15) is 36.6 Å². The molecule has 0 N–H and O–H groups in total. The van der Waals surface area contributed by atoms with Crippen LogP contribution in [0.25, 0.3) is 0 Å². The molecule has 62 heavy (non-hydrogen) atoms. The lowest BCUT2D eigenvalue weighted by atomic mass is 9.98. The zero-order valence-electron chi connectivity index (χ0n) is 35.9. The van der Waals surface area contributed by atoms with E-state index in [2.05, 4.69) is 6.58 Å². The van der Waals surface area contributed by atoms with Gasteiger partial charge in [-0.1, -0.05) is 97.1 Å². The van der Waals surface area contributed by atoms with Crippen molar-refractivity contribution in [3.8, 4) is 0 Å². The second kappa shape index (κ2) is 21.1. The van der Waals surface area contributed by atoms with Gasteiger partial charge in [-0.15, -0.1) is 6.58 Å². The molecule has 0 spiro atoms. The van der Waals surface area contributed by atoms with Crippen LogP contribution in [0.2, 0.25) is 0 Å². The molecule has 0 bridgehead atoms. The van der Waals surface area contributed by atoms with Crippen molar-refractivity contribution >= 4 is 11.9 Å². The molecule has 0 aliphatic carbocycles. The van der Waals surface area contributed by atoms with Gasteiger partial charge in [0.25, 0.3) is 0 Å². The number of fused-ring (bicyclic) bond motifs is 1. The van der Waals surface area contributed by atoms with E-state index in [1.54, 1.807) is 6.08 Å². The van der Waals surface area contributed by atoms with Crippen LogP contribution < -0.4 is 0 Å². The van der Waals surface area contributed by atoms with Crippen LogP contribution in [0.5, 0.6) is 0 Å². The van der Waals surface area contributed by atoms with Crippen molar-refractivity contribution in [3.63, 3.8) is 0 Å². The van der Waals surface area contributed by atoms with E-state index in [1.807, 2.05) is 112 Å². The maximum Gasteiger partial charge on any atom is 0.303 e. The summed E-state index contributed by atoms with van der Waals surface area (Å²) in [6.45, 7) is 12.2. The number of esters is 2. The normalized spacial score (nSPS) is 32.8. The van der Waals surface area contributed by atoms with E-state index < -0.39 is 91.0 Å². The Bertz CT molecular complexity index is 1880. The lowest BCUT2D eigenvalue weighted by molar-refractivity contribution is -0.352. The molecule has 7 rings (SSSR count). The molecular formula is C47H58O15. The Balaban J connectivity index is 1.21. The summed E-state index contributed by atoms with van der Waals surface area (Å²) in [4.78, 5) is 25.6. The Morgan fingerprint density at radius 2 is 1.31 bits per heavy atom. The van der Waals surface area contributed by atoms with Crippen molar-refractivity contribution in [2.45, 2.75) is 134 Å². The molecular weight excluding hydrogens is 805 g/mol. The van der Waals surface area contributed by atoms with E-state index in [1.165, 1.54) is 13.8 Å². The molecule has 12 atom stereocenters. The summed E-state index contributed by atoms with van der Waals surface area (Å²) in [7, 11) is 0. The van der Waals surface area contributed by atoms with Crippen LogP contribution in [0.15, 0.2) is 104 Å². The molecule has 15 heteroatoms. The van der Waals surface area contributed by atoms with E-state index in [0.29, 0.717) is 0 Å². The lowest BCUT2D eigenvalue weighted by Crippen LogP contribution is -2.63. The SMILES string of the molecule is C=CCO[C@@H]1O[C@H](C)[C@H](O[C@@H]2OC[C@@H](OCc3ccccc3)C(O[C@@H]3OC[C@](COCc4ccccc4)(OC(C)=O)C3OC(C)=O)C2OCc2ccccc2)C2OC(C)(C)OC21. The van der Waals surface area contributed by atoms with Crippen LogP contribution in [0.4, 0.5) is 0 Å². The van der Waals surface area contributed by atoms with E-state index in [4.69, 9.17) is 61.6 Å².